The smallest absolute Gasteiger partial charge is 0.257 e. The third-order valence-corrected chi connectivity index (χ3v) is 5.10. The van der Waals surface area contributed by atoms with Gasteiger partial charge in [0.05, 0.1) is 6.61 Å². The third-order valence-electron chi connectivity index (χ3n) is 3.97. The van der Waals surface area contributed by atoms with Crippen molar-refractivity contribution in [2.24, 2.45) is 0 Å². The third kappa shape index (κ3) is 5.83. The van der Waals surface area contributed by atoms with Crippen molar-refractivity contribution in [2.75, 3.05) is 31.8 Å². The van der Waals surface area contributed by atoms with Gasteiger partial charge in [-0.3, -0.25) is 4.79 Å². The summed E-state index contributed by atoms with van der Waals surface area (Å²) >= 11 is 1.85. The van der Waals surface area contributed by atoms with Crippen LogP contribution < -0.4 is 14.8 Å². The standard InChI is InChI=1S/C19H23N3O4S/c1-24-8-9-25-17-11-14(4-7-20-17)12-22-18(23)16-3-2-6-21-19(16)26-15-5-10-27-13-15/h2-4,6-7,11,15H,5,8-10,12-13H2,1H3,(H,22,23). The zero-order valence-corrected chi connectivity index (χ0v) is 16.0. The van der Waals surface area contributed by atoms with E-state index in [2.05, 4.69) is 15.3 Å². The number of hydrogen-bond donors (Lipinski definition) is 1. The number of amides is 1. The predicted molar refractivity (Wildman–Crippen MR) is 103 cm³/mol. The van der Waals surface area contributed by atoms with Crippen molar-refractivity contribution in [1.82, 2.24) is 15.3 Å². The van der Waals surface area contributed by atoms with Crippen LogP contribution in [0.15, 0.2) is 36.7 Å². The molecule has 2 aromatic heterocycles. The van der Waals surface area contributed by atoms with Gasteiger partial charge in [0.1, 0.15) is 18.3 Å². The molecule has 27 heavy (non-hydrogen) atoms. The number of pyridine rings is 2. The molecule has 1 atom stereocenters. The highest BCUT2D eigenvalue weighted by Gasteiger charge is 2.21. The molecule has 1 amide bonds. The molecule has 0 spiro atoms. The highest BCUT2D eigenvalue weighted by atomic mass is 32.2. The second kappa shape index (κ2) is 10.1. The number of rotatable bonds is 9. The number of carbonyl (C=O) groups excluding carboxylic acids is 1. The fourth-order valence-corrected chi connectivity index (χ4v) is 3.66. The Bertz CT molecular complexity index is 753. The minimum atomic E-state index is -0.220. The molecule has 2 aromatic rings. The number of hydrogen-bond acceptors (Lipinski definition) is 7. The summed E-state index contributed by atoms with van der Waals surface area (Å²) < 4.78 is 16.4. The predicted octanol–water partition coefficient (Wildman–Crippen LogP) is 2.32. The lowest BCUT2D eigenvalue weighted by Crippen LogP contribution is -2.25. The second-order valence-electron chi connectivity index (χ2n) is 5.99. The summed E-state index contributed by atoms with van der Waals surface area (Å²) in [5, 5.41) is 2.90. The van der Waals surface area contributed by atoms with Gasteiger partial charge in [0.15, 0.2) is 0 Å². The molecule has 1 saturated heterocycles. The molecule has 8 heteroatoms. The van der Waals surface area contributed by atoms with E-state index in [-0.39, 0.29) is 12.0 Å². The van der Waals surface area contributed by atoms with E-state index in [4.69, 9.17) is 14.2 Å². The van der Waals surface area contributed by atoms with Crippen molar-refractivity contribution in [2.45, 2.75) is 19.1 Å². The topological polar surface area (TPSA) is 82.6 Å². The first-order chi connectivity index (χ1) is 13.3. The number of methoxy groups -OCH3 is 1. The zero-order valence-electron chi connectivity index (χ0n) is 15.2. The van der Waals surface area contributed by atoms with Gasteiger partial charge in [0.25, 0.3) is 5.91 Å². The summed E-state index contributed by atoms with van der Waals surface area (Å²) in [4.78, 5) is 21.0. The van der Waals surface area contributed by atoms with Gasteiger partial charge < -0.3 is 19.5 Å². The van der Waals surface area contributed by atoms with E-state index >= 15 is 0 Å². The first-order valence-electron chi connectivity index (χ1n) is 8.80. The molecule has 7 nitrogen and oxygen atoms in total. The Kier molecular flexibility index (Phi) is 7.29. The number of carbonyl (C=O) groups is 1. The van der Waals surface area contributed by atoms with Crippen LogP contribution in [-0.2, 0) is 11.3 Å². The van der Waals surface area contributed by atoms with Crippen molar-refractivity contribution >= 4 is 17.7 Å². The van der Waals surface area contributed by atoms with Gasteiger partial charge in [0, 0.05) is 37.9 Å². The number of nitrogens with zero attached hydrogens (tertiary/aromatic N) is 2. The number of nitrogens with one attached hydrogen (secondary N) is 1. The summed E-state index contributed by atoms with van der Waals surface area (Å²) in [7, 11) is 1.62. The first-order valence-corrected chi connectivity index (χ1v) is 9.96. The van der Waals surface area contributed by atoms with Gasteiger partial charge in [-0.2, -0.15) is 11.8 Å². The fourth-order valence-electron chi connectivity index (χ4n) is 2.57. The maximum absolute atomic E-state index is 12.6. The Labute approximate surface area is 162 Å². The van der Waals surface area contributed by atoms with Crippen LogP contribution in [-0.4, -0.2) is 53.8 Å². The first kappa shape index (κ1) is 19.4. The zero-order chi connectivity index (χ0) is 18.9. The van der Waals surface area contributed by atoms with Crippen LogP contribution >= 0.6 is 11.8 Å². The quantitative estimate of drug-likeness (QED) is 0.659. The van der Waals surface area contributed by atoms with Gasteiger partial charge in [-0.1, -0.05) is 0 Å². The van der Waals surface area contributed by atoms with E-state index in [9.17, 15) is 4.79 Å². The molecule has 1 aliphatic rings. The molecule has 0 aromatic carbocycles. The lowest BCUT2D eigenvalue weighted by Gasteiger charge is -2.14. The Morgan fingerprint density at radius 1 is 1.30 bits per heavy atom. The summed E-state index contributed by atoms with van der Waals surface area (Å²) in [6.07, 6.45) is 4.38. The molecule has 3 heterocycles. The SMILES string of the molecule is COCCOc1cc(CNC(=O)c2cccnc2OC2CCSC2)ccn1. The van der Waals surface area contributed by atoms with Crippen molar-refractivity contribution in [3.8, 4) is 11.8 Å². The summed E-state index contributed by atoms with van der Waals surface area (Å²) in [6.45, 7) is 1.27. The van der Waals surface area contributed by atoms with Gasteiger partial charge in [-0.15, -0.1) is 0 Å². The van der Waals surface area contributed by atoms with Crippen LogP contribution in [0.5, 0.6) is 11.8 Å². The van der Waals surface area contributed by atoms with Gasteiger partial charge in [-0.05, 0) is 35.9 Å². The number of aromatic nitrogens is 2. The molecule has 1 N–H and O–H groups in total. The van der Waals surface area contributed by atoms with Gasteiger partial charge in [-0.25, -0.2) is 9.97 Å². The molecule has 0 aliphatic carbocycles. The summed E-state index contributed by atoms with van der Waals surface area (Å²) in [5.74, 6) is 2.68. The molecule has 0 radical (unpaired) electrons. The molecular formula is C19H23N3O4S. The Morgan fingerprint density at radius 3 is 3.04 bits per heavy atom. The van der Waals surface area contributed by atoms with Crippen LogP contribution in [0.25, 0.3) is 0 Å². The molecule has 0 saturated carbocycles. The van der Waals surface area contributed by atoms with Crippen LogP contribution in [0.3, 0.4) is 0 Å². The Morgan fingerprint density at radius 2 is 2.22 bits per heavy atom. The lowest BCUT2D eigenvalue weighted by atomic mass is 10.2. The van der Waals surface area contributed by atoms with E-state index in [1.165, 1.54) is 0 Å². The van der Waals surface area contributed by atoms with Crippen molar-refractivity contribution < 1.29 is 19.0 Å². The Hall–Kier alpha value is -2.32. The van der Waals surface area contributed by atoms with Crippen molar-refractivity contribution in [3.05, 3.63) is 47.8 Å². The summed E-state index contributed by atoms with van der Waals surface area (Å²) in [6, 6.07) is 7.09. The molecule has 1 aliphatic heterocycles. The van der Waals surface area contributed by atoms with Crippen molar-refractivity contribution in [1.29, 1.82) is 0 Å². The normalized spacial score (nSPS) is 16.1. The van der Waals surface area contributed by atoms with E-state index in [1.54, 1.807) is 37.7 Å². The van der Waals surface area contributed by atoms with E-state index in [1.807, 2.05) is 17.8 Å². The van der Waals surface area contributed by atoms with E-state index in [0.717, 1.165) is 23.5 Å². The molecule has 0 bridgehead atoms. The molecule has 1 fully saturated rings. The van der Waals surface area contributed by atoms with Crippen LogP contribution in [0, 0.1) is 0 Å². The number of ether oxygens (including phenoxy) is 3. The highest BCUT2D eigenvalue weighted by Crippen LogP contribution is 2.24. The molecule has 3 rings (SSSR count). The molecule has 1 unspecified atom stereocenters. The number of thioether (sulfide) groups is 1. The second-order valence-corrected chi connectivity index (χ2v) is 7.14. The monoisotopic (exact) mass is 389 g/mol. The average Bonchev–Trinajstić information content (AvgIpc) is 3.20. The maximum Gasteiger partial charge on any atom is 0.257 e. The fraction of sp³-hybridized carbons (Fsp3) is 0.421. The highest BCUT2D eigenvalue weighted by molar-refractivity contribution is 7.99. The molecular weight excluding hydrogens is 366 g/mol. The lowest BCUT2D eigenvalue weighted by molar-refractivity contribution is 0.0943. The van der Waals surface area contributed by atoms with Crippen LogP contribution in [0.2, 0.25) is 0 Å². The minimum Gasteiger partial charge on any atom is -0.475 e. The van der Waals surface area contributed by atoms with E-state index < -0.39 is 0 Å². The van der Waals surface area contributed by atoms with Crippen LogP contribution in [0.1, 0.15) is 22.3 Å². The Balaban J connectivity index is 1.58. The maximum atomic E-state index is 12.6. The van der Waals surface area contributed by atoms with Crippen LogP contribution in [0.4, 0.5) is 0 Å². The largest absolute Gasteiger partial charge is 0.475 e. The minimum absolute atomic E-state index is 0.114. The molecule has 144 valence electrons. The van der Waals surface area contributed by atoms with E-state index in [0.29, 0.717) is 37.1 Å². The average molecular weight is 389 g/mol. The van der Waals surface area contributed by atoms with Crippen molar-refractivity contribution in [3.63, 3.8) is 0 Å². The van der Waals surface area contributed by atoms with Gasteiger partial charge >= 0.3 is 0 Å². The van der Waals surface area contributed by atoms with Gasteiger partial charge in [0.2, 0.25) is 11.8 Å². The summed E-state index contributed by atoms with van der Waals surface area (Å²) in [5.41, 5.74) is 1.34.